The molecule has 34 heavy (non-hydrogen) atoms. The molecule has 0 aromatic heterocycles. The molecule has 2 aromatic rings. The van der Waals surface area contributed by atoms with Gasteiger partial charge < -0.3 is 25.5 Å². The van der Waals surface area contributed by atoms with Crippen molar-refractivity contribution in [1.29, 1.82) is 0 Å². The van der Waals surface area contributed by atoms with Crippen LogP contribution in [0.5, 0.6) is 5.75 Å². The van der Waals surface area contributed by atoms with E-state index in [1.165, 1.54) is 0 Å². The number of nitrogens with zero attached hydrogens (tertiary/aromatic N) is 1. The molecule has 0 spiro atoms. The highest BCUT2D eigenvalue weighted by atomic mass is 79.9. The highest BCUT2D eigenvalue weighted by molar-refractivity contribution is 9.10. The molecule has 0 aliphatic carbocycles. The number of benzene rings is 2. The lowest BCUT2D eigenvalue weighted by Gasteiger charge is -2.29. The van der Waals surface area contributed by atoms with Crippen LogP contribution in [0.4, 0.5) is 0 Å². The van der Waals surface area contributed by atoms with Gasteiger partial charge in [0.1, 0.15) is 5.75 Å². The molecule has 0 saturated carbocycles. The summed E-state index contributed by atoms with van der Waals surface area (Å²) in [5, 5.41) is 42.9. The van der Waals surface area contributed by atoms with E-state index >= 15 is 0 Å². The molecule has 2 aromatic carbocycles. The molecule has 186 valence electrons. The van der Waals surface area contributed by atoms with Crippen LogP contribution in [-0.4, -0.2) is 73.2 Å². The maximum absolute atomic E-state index is 10.4. The van der Waals surface area contributed by atoms with E-state index in [4.69, 9.17) is 20.4 Å². The lowest BCUT2D eigenvalue weighted by atomic mass is 9.96. The van der Waals surface area contributed by atoms with E-state index in [9.17, 15) is 14.7 Å². The summed E-state index contributed by atoms with van der Waals surface area (Å²) in [6, 6.07) is 16.7. The molecule has 0 saturated heterocycles. The predicted molar refractivity (Wildman–Crippen MR) is 134 cm³/mol. The number of aliphatic hydroxyl groups is 2. The zero-order valence-corrected chi connectivity index (χ0v) is 21.2. The fourth-order valence-electron chi connectivity index (χ4n) is 3.21. The van der Waals surface area contributed by atoms with Crippen LogP contribution in [-0.2, 0) is 9.59 Å². The van der Waals surface area contributed by atoms with Crippen LogP contribution in [0.1, 0.15) is 38.8 Å². The van der Waals surface area contributed by atoms with Crippen molar-refractivity contribution in [3.8, 4) is 5.75 Å². The number of aromatic hydroxyl groups is 1. The van der Waals surface area contributed by atoms with Crippen molar-refractivity contribution in [1.82, 2.24) is 4.90 Å². The van der Waals surface area contributed by atoms with Crippen LogP contribution in [0.15, 0.2) is 59.1 Å². The van der Waals surface area contributed by atoms with E-state index in [-0.39, 0.29) is 0 Å². The summed E-state index contributed by atoms with van der Waals surface area (Å²) in [5.41, 5.74) is 3.02. The van der Waals surface area contributed by atoms with Crippen molar-refractivity contribution in [3.63, 3.8) is 0 Å². The van der Waals surface area contributed by atoms with Crippen LogP contribution in [0.25, 0.3) is 5.57 Å². The average molecular weight is 538 g/mol. The molecule has 8 nitrogen and oxygen atoms in total. The third-order valence-corrected chi connectivity index (χ3v) is 5.46. The van der Waals surface area contributed by atoms with Crippen molar-refractivity contribution in [2.45, 2.75) is 52.0 Å². The van der Waals surface area contributed by atoms with Gasteiger partial charge in [-0.3, -0.25) is 4.90 Å². The first kappa shape index (κ1) is 29.3. The maximum Gasteiger partial charge on any atom is 0.335 e. The van der Waals surface area contributed by atoms with Crippen molar-refractivity contribution in [2.75, 3.05) is 6.54 Å². The Morgan fingerprint density at radius 2 is 1.41 bits per heavy atom. The molecule has 0 aliphatic heterocycles. The number of phenols is 1. The highest BCUT2D eigenvalue weighted by Gasteiger charge is 2.29. The number of hydrogen-bond donors (Lipinski definition) is 5. The Hall–Kier alpha value is -2.72. The van der Waals surface area contributed by atoms with Gasteiger partial charge in [0.25, 0.3) is 0 Å². The maximum atomic E-state index is 10.4. The fourth-order valence-corrected chi connectivity index (χ4v) is 3.57. The molecular formula is C25H32BrNO7. The predicted octanol–water partition coefficient (Wildman–Crippen LogP) is 3.58. The summed E-state index contributed by atoms with van der Waals surface area (Å²) in [6.07, 6.45) is -2.31. The topological polar surface area (TPSA) is 139 Å². The molecule has 0 radical (unpaired) electrons. The van der Waals surface area contributed by atoms with Crippen LogP contribution in [0, 0.1) is 0 Å². The Bertz CT molecular complexity index is 950. The van der Waals surface area contributed by atoms with Crippen molar-refractivity contribution >= 4 is 33.4 Å². The minimum atomic E-state index is -2.27. The van der Waals surface area contributed by atoms with Gasteiger partial charge in [0.15, 0.2) is 12.2 Å². The molecule has 2 rings (SSSR count). The number of halogens is 1. The van der Waals surface area contributed by atoms with E-state index in [1.807, 2.05) is 30.3 Å². The number of aliphatic carboxylic acids is 2. The fraction of sp³-hybridized carbons (Fsp3) is 0.360. The molecular weight excluding hydrogens is 506 g/mol. The van der Waals surface area contributed by atoms with E-state index in [0.29, 0.717) is 17.8 Å². The van der Waals surface area contributed by atoms with Crippen LogP contribution < -0.4 is 0 Å². The second-order valence-corrected chi connectivity index (χ2v) is 9.01. The number of aliphatic hydroxyl groups excluding tert-OH is 2. The summed E-state index contributed by atoms with van der Waals surface area (Å²) in [5.74, 6) is -3.24. The Balaban J connectivity index is 0.000000489. The Morgan fingerprint density at radius 3 is 1.85 bits per heavy atom. The lowest BCUT2D eigenvalue weighted by Crippen LogP contribution is -2.39. The number of carboxylic acid groups (broad SMARTS) is 2. The molecule has 0 amide bonds. The summed E-state index contributed by atoms with van der Waals surface area (Å²) in [6.45, 7) is 9.70. The van der Waals surface area contributed by atoms with Gasteiger partial charge in [-0.05, 0) is 57.0 Å². The number of phenolic OH excluding ortho intramolecular Hbond substituents is 1. The van der Waals surface area contributed by atoms with Gasteiger partial charge in [0.05, 0.1) is 0 Å². The first-order valence-electron chi connectivity index (χ1n) is 10.7. The second kappa shape index (κ2) is 13.9. The largest absolute Gasteiger partial charge is 0.507 e. The highest BCUT2D eigenvalue weighted by Crippen LogP contribution is 2.32. The molecule has 9 heteroatoms. The molecule has 0 aliphatic rings. The van der Waals surface area contributed by atoms with Crippen LogP contribution in [0.3, 0.4) is 0 Å². The monoisotopic (exact) mass is 537 g/mol. The quantitative estimate of drug-likeness (QED) is 0.327. The number of hydrogen-bond acceptors (Lipinski definition) is 6. The van der Waals surface area contributed by atoms with Gasteiger partial charge >= 0.3 is 11.9 Å². The van der Waals surface area contributed by atoms with Gasteiger partial charge in [0, 0.05) is 28.7 Å². The van der Waals surface area contributed by atoms with Crippen LogP contribution >= 0.6 is 15.9 Å². The summed E-state index contributed by atoms with van der Waals surface area (Å²) >= 11 is 3.51. The van der Waals surface area contributed by atoms with E-state index in [1.54, 1.807) is 6.07 Å². The smallest absolute Gasteiger partial charge is 0.335 e. The third kappa shape index (κ3) is 8.90. The number of carboxylic acids is 2. The van der Waals surface area contributed by atoms with Crippen molar-refractivity contribution in [2.24, 2.45) is 0 Å². The van der Waals surface area contributed by atoms with E-state index in [2.05, 4.69) is 66.7 Å². The summed E-state index contributed by atoms with van der Waals surface area (Å²) in [4.78, 5) is 22.0. The minimum absolute atomic E-state index is 0.300. The molecule has 0 fully saturated rings. The van der Waals surface area contributed by atoms with Gasteiger partial charge in [-0.25, -0.2) is 9.59 Å². The van der Waals surface area contributed by atoms with Crippen LogP contribution in [0.2, 0.25) is 0 Å². The number of rotatable bonds is 9. The molecule has 0 heterocycles. The molecule has 5 N–H and O–H groups in total. The van der Waals surface area contributed by atoms with Gasteiger partial charge in [0.2, 0.25) is 0 Å². The standard InChI is InChI=1S/C21H26BrNO.C4H6O6/c1-15(2)23(16(3)4)13-12-19(17-8-6-5-7-9-17)20-14-18(22)10-11-21(20)24;5-1(3(7)8)2(6)4(9)10/h5-12,14-16,24H,13H2,1-4H3;1-2,5-6H,(H,7,8)(H,9,10)/b19-12-;. The summed E-state index contributed by atoms with van der Waals surface area (Å²) in [7, 11) is 0. The first-order chi connectivity index (χ1) is 15.9. The van der Waals surface area contributed by atoms with Gasteiger partial charge in [-0.1, -0.05) is 52.3 Å². The van der Waals surface area contributed by atoms with Crippen molar-refractivity contribution < 1.29 is 35.1 Å². The van der Waals surface area contributed by atoms with Gasteiger partial charge in [-0.15, -0.1) is 0 Å². The zero-order chi connectivity index (χ0) is 26.0. The van der Waals surface area contributed by atoms with Crippen molar-refractivity contribution in [3.05, 3.63) is 70.2 Å². The number of carbonyl (C=O) groups is 2. The Kier molecular flexibility index (Phi) is 11.9. The third-order valence-electron chi connectivity index (χ3n) is 4.97. The molecule has 0 bridgehead atoms. The summed E-state index contributed by atoms with van der Waals surface area (Å²) < 4.78 is 0.960. The molecule has 2 unspecified atom stereocenters. The lowest BCUT2D eigenvalue weighted by molar-refractivity contribution is -0.165. The first-order valence-corrected chi connectivity index (χ1v) is 11.5. The Morgan fingerprint density at radius 1 is 0.912 bits per heavy atom. The normalized spacial score (nSPS) is 13.4. The van der Waals surface area contributed by atoms with E-state index in [0.717, 1.165) is 27.7 Å². The zero-order valence-electron chi connectivity index (χ0n) is 19.6. The SMILES string of the molecule is CC(C)N(C/C=C(/c1ccccc1)c1cc(Br)ccc1O)C(C)C.O=C(O)C(O)C(O)C(=O)O. The second-order valence-electron chi connectivity index (χ2n) is 8.10. The average Bonchev–Trinajstić information content (AvgIpc) is 2.78. The van der Waals surface area contributed by atoms with Gasteiger partial charge in [-0.2, -0.15) is 0 Å². The molecule has 2 atom stereocenters. The minimum Gasteiger partial charge on any atom is -0.507 e. The van der Waals surface area contributed by atoms with E-state index < -0.39 is 24.1 Å². The Labute approximate surface area is 207 Å².